The molecule has 0 atom stereocenters. The molecule has 8 heavy (non-hydrogen) atoms. The second kappa shape index (κ2) is 131. The van der Waals surface area contributed by atoms with Crippen LogP contribution in [0.4, 0.5) is 0 Å². The molecule has 0 aliphatic carbocycles. The standard InChI is InChI=1S/Ce.Mg.5H2O.H4Si/h;;5*1H2;1H4/q+3;+2;;;;;;/p-5. The molecule has 0 aliphatic heterocycles. The normalized spacial score (nSPS) is 0. The summed E-state index contributed by atoms with van der Waals surface area (Å²) in [6.45, 7) is 0. The molecule has 0 saturated carbocycles. The Morgan fingerprint density at radius 3 is 0.500 bits per heavy atom. The van der Waals surface area contributed by atoms with E-state index in [4.69, 9.17) is 0 Å². The summed E-state index contributed by atoms with van der Waals surface area (Å²) in [7, 11) is 0. The molecule has 5 N–H and O–H groups in total. The van der Waals surface area contributed by atoms with Crippen LogP contribution in [-0.4, -0.2) is 61.4 Å². The Labute approximate surface area is 102 Å². The van der Waals surface area contributed by atoms with Crippen molar-refractivity contribution in [3.05, 3.63) is 0 Å². The topological polar surface area (TPSA) is 150 Å². The molecule has 0 rings (SSSR count). The van der Waals surface area contributed by atoms with E-state index in [1.165, 1.54) is 0 Å². The van der Waals surface area contributed by atoms with Crippen molar-refractivity contribution in [2.24, 2.45) is 0 Å². The quantitative estimate of drug-likeness (QED) is 0.442. The molecule has 8 heteroatoms. The van der Waals surface area contributed by atoms with Crippen LogP contribution in [-0.2, 0) is 0 Å². The summed E-state index contributed by atoms with van der Waals surface area (Å²) in [5.74, 6) is 0. The number of hydrogen-bond donors (Lipinski definition) is 0. The molecule has 0 bridgehead atoms. The van der Waals surface area contributed by atoms with E-state index in [0.717, 1.165) is 0 Å². The van der Waals surface area contributed by atoms with Crippen molar-refractivity contribution in [1.82, 2.24) is 0 Å². The smallest absolute Gasteiger partial charge is 0.870 e. The van der Waals surface area contributed by atoms with Gasteiger partial charge in [0.2, 0.25) is 0 Å². The molecule has 0 aromatic heterocycles. The van der Waals surface area contributed by atoms with Gasteiger partial charge < -0.3 is 27.4 Å². The molecule has 0 aromatic carbocycles. The molecular formula is H9CeMgO5Si. The summed E-state index contributed by atoms with van der Waals surface area (Å²) in [4.78, 5) is 0. The van der Waals surface area contributed by atoms with Crippen molar-refractivity contribution in [1.29, 1.82) is 0 Å². The van der Waals surface area contributed by atoms with E-state index in [1.54, 1.807) is 0 Å². The van der Waals surface area contributed by atoms with E-state index in [-0.39, 0.29) is 103 Å². The third-order valence-corrected chi connectivity index (χ3v) is 0. The Morgan fingerprint density at radius 1 is 0.500 bits per heavy atom. The van der Waals surface area contributed by atoms with Gasteiger partial charge in [-0.3, -0.25) is 0 Å². The third kappa shape index (κ3) is 89.7. The van der Waals surface area contributed by atoms with E-state index in [9.17, 15) is 0 Å². The molecule has 0 unspecified atom stereocenters. The fourth-order valence-electron chi connectivity index (χ4n) is 0. The first-order valence-electron chi connectivity index (χ1n) is 0. The minimum atomic E-state index is 0. The van der Waals surface area contributed by atoms with E-state index in [0.29, 0.717) is 0 Å². The minimum Gasteiger partial charge on any atom is -0.870 e. The SMILES string of the molecule is [Ce+3].[Mg+2].[OH-].[OH-].[OH-].[OH-].[OH-].[SiH4]. The summed E-state index contributed by atoms with van der Waals surface area (Å²) < 4.78 is 0. The van der Waals surface area contributed by atoms with Gasteiger partial charge in [0.1, 0.15) is 0 Å². The van der Waals surface area contributed by atoms with Crippen LogP contribution in [0.2, 0.25) is 0 Å². The summed E-state index contributed by atoms with van der Waals surface area (Å²) in [5, 5.41) is 0. The summed E-state index contributed by atoms with van der Waals surface area (Å²) >= 11 is 0. The van der Waals surface area contributed by atoms with Crippen molar-refractivity contribution >= 4 is 34.0 Å². The van der Waals surface area contributed by atoms with Gasteiger partial charge in [-0.05, 0) is 11.0 Å². The molecule has 0 amide bonds. The molecule has 0 heterocycles. The summed E-state index contributed by atoms with van der Waals surface area (Å²) in [6.07, 6.45) is 0. The monoisotopic (exact) mass is 281 g/mol. The largest absolute Gasteiger partial charge is 3.00 e. The zero-order valence-corrected chi connectivity index (χ0v) is 8.00. The predicted octanol–water partition coefficient (Wildman–Crippen LogP) is -2.72. The van der Waals surface area contributed by atoms with Gasteiger partial charge in [-0.25, -0.2) is 0 Å². The average Bonchev–Trinajstić information content (AvgIpc) is 0. The molecular weight excluding hydrogens is 273 g/mol. The maximum atomic E-state index is 0. The van der Waals surface area contributed by atoms with E-state index >= 15 is 0 Å². The summed E-state index contributed by atoms with van der Waals surface area (Å²) in [6, 6.07) is 0. The van der Waals surface area contributed by atoms with Gasteiger partial charge in [-0.2, -0.15) is 0 Å². The minimum absolute atomic E-state index is 0. The Hall–Kier alpha value is 2.16. The van der Waals surface area contributed by atoms with Gasteiger partial charge in [0, 0.05) is 0 Å². The Balaban J connectivity index is 0. The third-order valence-electron chi connectivity index (χ3n) is 0. The molecule has 0 fully saturated rings. The van der Waals surface area contributed by atoms with Crippen LogP contribution in [0.15, 0.2) is 0 Å². The Kier molecular flexibility index (Phi) is 2990. The fraction of sp³-hybridized carbons (Fsp3) is 0. The van der Waals surface area contributed by atoms with Crippen LogP contribution in [0.3, 0.4) is 0 Å². The van der Waals surface area contributed by atoms with Crippen LogP contribution < -0.4 is 0 Å². The molecule has 0 aliphatic rings. The molecule has 49 valence electrons. The van der Waals surface area contributed by atoms with Gasteiger partial charge in [0.25, 0.3) is 0 Å². The Morgan fingerprint density at radius 2 is 0.500 bits per heavy atom. The van der Waals surface area contributed by atoms with Crippen molar-refractivity contribution in [2.75, 3.05) is 0 Å². The molecule has 1 radical (unpaired) electrons. The van der Waals surface area contributed by atoms with E-state index in [2.05, 4.69) is 0 Å². The average molecular weight is 282 g/mol. The van der Waals surface area contributed by atoms with Crippen LogP contribution >= 0.6 is 0 Å². The van der Waals surface area contributed by atoms with E-state index < -0.39 is 0 Å². The second-order valence-electron chi connectivity index (χ2n) is 0. The number of rotatable bonds is 0. The van der Waals surface area contributed by atoms with Gasteiger partial charge in [0.05, 0.1) is 0 Å². The molecule has 0 saturated heterocycles. The van der Waals surface area contributed by atoms with Crippen LogP contribution in [0.5, 0.6) is 0 Å². The summed E-state index contributed by atoms with van der Waals surface area (Å²) in [5.41, 5.74) is 0. The number of hydrogen-bond acceptors (Lipinski definition) is 5. The van der Waals surface area contributed by atoms with Crippen molar-refractivity contribution < 1.29 is 69.1 Å². The van der Waals surface area contributed by atoms with Crippen LogP contribution in [0, 0.1) is 41.7 Å². The van der Waals surface area contributed by atoms with Crippen molar-refractivity contribution in [3.8, 4) is 0 Å². The predicted molar refractivity (Wildman–Crippen MR) is 26.8 cm³/mol. The first kappa shape index (κ1) is 183. The first-order valence-corrected chi connectivity index (χ1v) is 0. The van der Waals surface area contributed by atoms with Crippen LogP contribution in [0.1, 0.15) is 0 Å². The zero-order valence-electron chi connectivity index (χ0n) is 3.44. The van der Waals surface area contributed by atoms with Gasteiger partial charge in [-0.15, -0.1) is 0 Å². The van der Waals surface area contributed by atoms with E-state index in [1.807, 2.05) is 0 Å². The zero-order chi connectivity index (χ0) is 0. The Bertz CT molecular complexity index is 12.4. The molecule has 5 nitrogen and oxygen atoms in total. The maximum Gasteiger partial charge on any atom is 3.00 e. The van der Waals surface area contributed by atoms with Crippen molar-refractivity contribution in [2.45, 2.75) is 0 Å². The maximum absolute atomic E-state index is 0. The van der Waals surface area contributed by atoms with Gasteiger partial charge in [0.15, 0.2) is 0 Å². The van der Waals surface area contributed by atoms with Crippen LogP contribution in [0.25, 0.3) is 0 Å². The van der Waals surface area contributed by atoms with Gasteiger partial charge in [-0.1, -0.05) is 0 Å². The molecule has 0 aromatic rings. The van der Waals surface area contributed by atoms with Crippen molar-refractivity contribution in [3.63, 3.8) is 0 Å². The fourth-order valence-corrected chi connectivity index (χ4v) is 0. The first-order chi connectivity index (χ1) is 0. The van der Waals surface area contributed by atoms with Gasteiger partial charge >= 0.3 is 64.8 Å². The second-order valence-corrected chi connectivity index (χ2v) is 0. The molecule has 0 spiro atoms.